The molecule has 1 aromatic heterocycles. The maximum Gasteiger partial charge on any atom is 0.315 e. The molecular formula is C20H23N5O5. The van der Waals surface area contributed by atoms with Crippen molar-refractivity contribution < 1.29 is 23.9 Å². The Morgan fingerprint density at radius 2 is 1.83 bits per heavy atom. The summed E-state index contributed by atoms with van der Waals surface area (Å²) in [5.41, 5.74) is 6.95. The number of hydrogen-bond donors (Lipinski definition) is 3. The number of anilines is 1. The SMILES string of the molecule is CCOC(=O)CC(=O)NNC(=O)c1cnc(NC2Cc3ccccc3C2)nc1OC. The molecule has 10 nitrogen and oxygen atoms in total. The first-order valence-electron chi connectivity index (χ1n) is 9.49. The van der Waals surface area contributed by atoms with E-state index in [0.717, 1.165) is 12.8 Å². The van der Waals surface area contributed by atoms with Crippen molar-refractivity contribution in [1.82, 2.24) is 20.8 Å². The molecule has 1 aliphatic rings. The second-order valence-electron chi connectivity index (χ2n) is 6.62. The summed E-state index contributed by atoms with van der Waals surface area (Å²) in [5.74, 6) is -1.67. The Labute approximate surface area is 173 Å². The summed E-state index contributed by atoms with van der Waals surface area (Å²) in [6, 6.07) is 8.37. The number of ether oxygens (including phenoxy) is 2. The van der Waals surface area contributed by atoms with Gasteiger partial charge >= 0.3 is 5.97 Å². The lowest BCUT2D eigenvalue weighted by molar-refractivity contribution is -0.146. The molecule has 3 N–H and O–H groups in total. The minimum atomic E-state index is -0.708. The number of aromatic nitrogens is 2. The van der Waals surface area contributed by atoms with Crippen molar-refractivity contribution in [3.8, 4) is 5.88 Å². The van der Waals surface area contributed by atoms with Gasteiger partial charge < -0.3 is 14.8 Å². The Morgan fingerprint density at radius 1 is 1.13 bits per heavy atom. The summed E-state index contributed by atoms with van der Waals surface area (Å²) in [5, 5.41) is 3.26. The van der Waals surface area contributed by atoms with E-state index in [1.807, 2.05) is 12.1 Å². The minimum absolute atomic E-state index is 0.0363. The summed E-state index contributed by atoms with van der Waals surface area (Å²) in [7, 11) is 1.38. The third kappa shape index (κ3) is 5.22. The highest BCUT2D eigenvalue weighted by Gasteiger charge is 2.23. The van der Waals surface area contributed by atoms with Crippen LogP contribution in [0.3, 0.4) is 0 Å². The fourth-order valence-corrected chi connectivity index (χ4v) is 3.17. The van der Waals surface area contributed by atoms with E-state index in [4.69, 9.17) is 4.74 Å². The van der Waals surface area contributed by atoms with Crippen LogP contribution >= 0.6 is 0 Å². The van der Waals surface area contributed by atoms with Gasteiger partial charge in [0, 0.05) is 12.2 Å². The van der Waals surface area contributed by atoms with Gasteiger partial charge in [0.15, 0.2) is 0 Å². The first-order chi connectivity index (χ1) is 14.5. The predicted octanol–water partition coefficient (Wildman–Crippen LogP) is 0.779. The van der Waals surface area contributed by atoms with Crippen molar-refractivity contribution in [3.05, 3.63) is 47.2 Å². The molecule has 2 aromatic rings. The largest absolute Gasteiger partial charge is 0.480 e. The van der Waals surface area contributed by atoms with Crippen LogP contribution in [0.2, 0.25) is 0 Å². The first kappa shape index (κ1) is 21.0. The van der Waals surface area contributed by atoms with E-state index in [9.17, 15) is 14.4 Å². The van der Waals surface area contributed by atoms with Crippen molar-refractivity contribution >= 4 is 23.7 Å². The van der Waals surface area contributed by atoms with Crippen LogP contribution in [-0.4, -0.2) is 47.5 Å². The van der Waals surface area contributed by atoms with Gasteiger partial charge in [-0.1, -0.05) is 24.3 Å². The quantitative estimate of drug-likeness (QED) is 0.345. The van der Waals surface area contributed by atoms with E-state index in [1.54, 1.807) is 6.92 Å². The molecule has 0 atom stereocenters. The molecular weight excluding hydrogens is 390 g/mol. The van der Waals surface area contributed by atoms with Crippen LogP contribution in [0.25, 0.3) is 0 Å². The minimum Gasteiger partial charge on any atom is -0.480 e. The highest BCUT2D eigenvalue weighted by Crippen LogP contribution is 2.24. The number of benzene rings is 1. The van der Waals surface area contributed by atoms with Crippen LogP contribution in [0.4, 0.5) is 5.95 Å². The molecule has 1 heterocycles. The van der Waals surface area contributed by atoms with Gasteiger partial charge in [0.1, 0.15) is 12.0 Å². The molecule has 0 bridgehead atoms. The van der Waals surface area contributed by atoms with Gasteiger partial charge in [0.2, 0.25) is 17.7 Å². The topological polar surface area (TPSA) is 132 Å². The van der Waals surface area contributed by atoms with Crippen molar-refractivity contribution in [2.75, 3.05) is 19.0 Å². The highest BCUT2D eigenvalue weighted by molar-refractivity contribution is 5.99. The van der Waals surface area contributed by atoms with Crippen molar-refractivity contribution in [1.29, 1.82) is 0 Å². The van der Waals surface area contributed by atoms with Crippen LogP contribution in [0, 0.1) is 0 Å². The Kier molecular flexibility index (Phi) is 6.79. The molecule has 10 heteroatoms. The number of methoxy groups -OCH3 is 1. The van der Waals surface area contributed by atoms with Crippen LogP contribution < -0.4 is 20.9 Å². The molecule has 0 fully saturated rings. The second-order valence-corrected chi connectivity index (χ2v) is 6.62. The van der Waals surface area contributed by atoms with E-state index in [-0.39, 0.29) is 24.1 Å². The molecule has 2 amide bonds. The van der Waals surface area contributed by atoms with Crippen LogP contribution in [0.5, 0.6) is 5.88 Å². The van der Waals surface area contributed by atoms with E-state index >= 15 is 0 Å². The number of amides is 2. The zero-order chi connectivity index (χ0) is 21.5. The Bertz CT molecular complexity index is 924. The number of rotatable bonds is 7. The molecule has 30 heavy (non-hydrogen) atoms. The number of fused-ring (bicyclic) bond motifs is 1. The lowest BCUT2D eigenvalue weighted by Gasteiger charge is -2.14. The summed E-state index contributed by atoms with van der Waals surface area (Å²) in [6.45, 7) is 1.80. The zero-order valence-electron chi connectivity index (χ0n) is 16.7. The molecule has 0 radical (unpaired) electrons. The lowest BCUT2D eigenvalue weighted by atomic mass is 10.1. The van der Waals surface area contributed by atoms with Gasteiger partial charge in [-0.25, -0.2) is 4.98 Å². The molecule has 1 aliphatic carbocycles. The predicted molar refractivity (Wildman–Crippen MR) is 107 cm³/mol. The van der Waals surface area contributed by atoms with E-state index in [1.165, 1.54) is 24.4 Å². The summed E-state index contributed by atoms with van der Waals surface area (Å²) < 4.78 is 9.87. The lowest BCUT2D eigenvalue weighted by Crippen LogP contribution is -2.42. The standard InChI is InChI=1S/C20H23N5O5/c1-3-30-17(27)10-16(26)24-25-18(28)15-11-21-20(23-19(15)29-2)22-14-8-12-6-4-5-7-13(12)9-14/h4-7,11,14H,3,8-10H2,1-2H3,(H,24,26)(H,25,28)(H,21,22,23). The molecule has 0 unspecified atom stereocenters. The maximum atomic E-state index is 12.3. The molecule has 0 spiro atoms. The van der Waals surface area contributed by atoms with E-state index < -0.39 is 24.2 Å². The van der Waals surface area contributed by atoms with E-state index in [0.29, 0.717) is 5.95 Å². The first-order valence-corrected chi connectivity index (χ1v) is 9.49. The maximum absolute atomic E-state index is 12.3. The third-order valence-electron chi connectivity index (χ3n) is 4.50. The van der Waals surface area contributed by atoms with Gasteiger partial charge in [-0.3, -0.25) is 25.2 Å². The van der Waals surface area contributed by atoms with Crippen molar-refractivity contribution in [2.45, 2.75) is 32.2 Å². The van der Waals surface area contributed by atoms with Gasteiger partial charge in [-0.15, -0.1) is 0 Å². The Morgan fingerprint density at radius 3 is 2.47 bits per heavy atom. The second kappa shape index (κ2) is 9.68. The smallest absolute Gasteiger partial charge is 0.315 e. The van der Waals surface area contributed by atoms with Gasteiger partial charge in [0.05, 0.1) is 13.7 Å². The Balaban J connectivity index is 1.58. The number of nitrogens with one attached hydrogen (secondary N) is 3. The van der Waals surface area contributed by atoms with Crippen LogP contribution in [-0.2, 0) is 27.2 Å². The van der Waals surface area contributed by atoms with E-state index in [2.05, 4.69) is 43.0 Å². The number of nitrogens with zero attached hydrogens (tertiary/aromatic N) is 2. The summed E-state index contributed by atoms with van der Waals surface area (Å²) >= 11 is 0. The molecule has 0 saturated heterocycles. The fraction of sp³-hybridized carbons (Fsp3) is 0.350. The number of hydrogen-bond acceptors (Lipinski definition) is 8. The highest BCUT2D eigenvalue weighted by atomic mass is 16.5. The van der Waals surface area contributed by atoms with Gasteiger partial charge in [-0.05, 0) is 30.9 Å². The van der Waals surface area contributed by atoms with Crippen LogP contribution in [0.15, 0.2) is 30.5 Å². The van der Waals surface area contributed by atoms with Crippen molar-refractivity contribution in [2.24, 2.45) is 0 Å². The number of hydrazine groups is 1. The van der Waals surface area contributed by atoms with Gasteiger partial charge in [0.25, 0.3) is 5.91 Å². The van der Waals surface area contributed by atoms with Gasteiger partial charge in [-0.2, -0.15) is 4.98 Å². The molecule has 3 rings (SSSR count). The summed E-state index contributed by atoms with van der Waals surface area (Å²) in [6.07, 6.45) is 2.52. The van der Waals surface area contributed by atoms with Crippen LogP contribution in [0.1, 0.15) is 34.8 Å². The summed E-state index contributed by atoms with van der Waals surface area (Å²) in [4.78, 5) is 43.7. The average molecular weight is 413 g/mol. The Hall–Kier alpha value is -3.69. The normalized spacial score (nSPS) is 12.6. The average Bonchev–Trinajstić information content (AvgIpc) is 3.14. The molecule has 0 aliphatic heterocycles. The number of carbonyl (C=O) groups is 3. The number of carbonyl (C=O) groups excluding carboxylic acids is 3. The third-order valence-corrected chi connectivity index (χ3v) is 4.50. The molecule has 0 saturated carbocycles. The van der Waals surface area contributed by atoms with Crippen molar-refractivity contribution in [3.63, 3.8) is 0 Å². The monoisotopic (exact) mass is 413 g/mol. The fourth-order valence-electron chi connectivity index (χ4n) is 3.17. The molecule has 1 aromatic carbocycles. The molecule has 158 valence electrons. The number of esters is 1. The zero-order valence-corrected chi connectivity index (χ0v) is 16.7.